The molecule has 0 saturated carbocycles. The molecule has 0 saturated heterocycles. The lowest BCUT2D eigenvalue weighted by atomic mass is 10.0. The van der Waals surface area contributed by atoms with E-state index in [0.29, 0.717) is 32.6 Å². The summed E-state index contributed by atoms with van der Waals surface area (Å²) >= 11 is 12.4. The van der Waals surface area contributed by atoms with Crippen LogP contribution in [0, 0.1) is 0 Å². The van der Waals surface area contributed by atoms with E-state index in [4.69, 9.17) is 37.4 Å². The lowest BCUT2D eigenvalue weighted by molar-refractivity contribution is -0.156. The highest BCUT2D eigenvalue weighted by atomic mass is 35.5. The fraction of sp³-hybridized carbons (Fsp3) is 0.320. The first-order valence-corrected chi connectivity index (χ1v) is 11.1. The summed E-state index contributed by atoms with van der Waals surface area (Å²) in [5, 5.41) is 0.744. The number of imide groups is 1. The van der Waals surface area contributed by atoms with Crippen molar-refractivity contribution >= 4 is 58.5 Å². The molecule has 0 unspecified atom stereocenters. The number of halogens is 2. The van der Waals surface area contributed by atoms with Crippen molar-refractivity contribution in [3.8, 4) is 5.75 Å². The first kappa shape index (κ1) is 25.6. The molecule has 0 N–H and O–H groups in total. The summed E-state index contributed by atoms with van der Waals surface area (Å²) in [6, 6.07) is 9.58. The van der Waals surface area contributed by atoms with Gasteiger partial charge in [-0.3, -0.25) is 4.79 Å². The zero-order valence-corrected chi connectivity index (χ0v) is 21.2. The monoisotopic (exact) mass is 505 g/mol. The lowest BCUT2D eigenvalue weighted by Crippen LogP contribution is -2.39. The fourth-order valence-corrected chi connectivity index (χ4v) is 3.68. The zero-order valence-electron chi connectivity index (χ0n) is 19.7. The van der Waals surface area contributed by atoms with E-state index in [2.05, 4.69) is 0 Å². The standard InChI is InChI=1S/C25H25Cl2NO6/c1-24(2,3)34-23(31)28-19-13-16(27)7-9-17(19)18(21(28)29)12-14-11-15(26)8-10-20(14)33-25(4,5)22(30)32-6/h7-13H,1-6H3/b18-12-. The molecule has 0 radical (unpaired) electrons. The van der Waals surface area contributed by atoms with Gasteiger partial charge in [0, 0.05) is 21.2 Å². The molecule has 3 rings (SSSR count). The maximum absolute atomic E-state index is 13.4. The molecule has 0 atom stereocenters. The fourth-order valence-electron chi connectivity index (χ4n) is 3.33. The number of hydrogen-bond donors (Lipinski definition) is 0. The van der Waals surface area contributed by atoms with Crippen LogP contribution in [0.15, 0.2) is 36.4 Å². The van der Waals surface area contributed by atoms with Gasteiger partial charge in [-0.1, -0.05) is 29.3 Å². The smallest absolute Gasteiger partial charge is 0.422 e. The number of amides is 2. The Morgan fingerprint density at radius 2 is 1.59 bits per heavy atom. The Bertz CT molecular complexity index is 1200. The Labute approximate surface area is 208 Å². The van der Waals surface area contributed by atoms with Gasteiger partial charge < -0.3 is 14.2 Å². The highest BCUT2D eigenvalue weighted by Gasteiger charge is 2.39. The van der Waals surface area contributed by atoms with Gasteiger partial charge in [0.1, 0.15) is 11.4 Å². The lowest BCUT2D eigenvalue weighted by Gasteiger charge is -2.24. The molecule has 0 bridgehead atoms. The average Bonchev–Trinajstić information content (AvgIpc) is 2.98. The van der Waals surface area contributed by atoms with E-state index in [1.54, 1.807) is 71.0 Å². The topological polar surface area (TPSA) is 82.1 Å². The van der Waals surface area contributed by atoms with E-state index in [9.17, 15) is 14.4 Å². The molecule has 180 valence electrons. The molecule has 2 amide bonds. The van der Waals surface area contributed by atoms with Crippen molar-refractivity contribution in [1.29, 1.82) is 0 Å². The van der Waals surface area contributed by atoms with E-state index in [0.717, 1.165) is 4.90 Å². The van der Waals surface area contributed by atoms with Gasteiger partial charge in [0.05, 0.1) is 18.4 Å². The number of nitrogens with zero attached hydrogens (tertiary/aromatic N) is 1. The van der Waals surface area contributed by atoms with Gasteiger partial charge in [0.25, 0.3) is 5.91 Å². The van der Waals surface area contributed by atoms with Crippen molar-refractivity contribution in [3.05, 3.63) is 57.6 Å². The second-order valence-electron chi connectivity index (χ2n) is 9.13. The molecule has 1 aliphatic rings. The number of methoxy groups -OCH3 is 1. The largest absolute Gasteiger partial charge is 0.476 e. The Morgan fingerprint density at radius 1 is 0.971 bits per heavy atom. The van der Waals surface area contributed by atoms with E-state index >= 15 is 0 Å². The molecule has 2 aromatic rings. The van der Waals surface area contributed by atoms with E-state index in [-0.39, 0.29) is 5.57 Å². The molecular formula is C25H25Cl2NO6. The molecule has 0 spiro atoms. The van der Waals surface area contributed by atoms with Gasteiger partial charge in [-0.2, -0.15) is 0 Å². The van der Waals surface area contributed by atoms with E-state index in [1.165, 1.54) is 13.2 Å². The van der Waals surface area contributed by atoms with Crippen LogP contribution < -0.4 is 9.64 Å². The van der Waals surface area contributed by atoms with Crippen LogP contribution in [-0.2, 0) is 19.1 Å². The number of carbonyl (C=O) groups excluding carboxylic acids is 3. The molecule has 0 aliphatic carbocycles. The zero-order chi connectivity index (χ0) is 25.4. The Balaban J connectivity index is 2.12. The van der Waals surface area contributed by atoms with Gasteiger partial charge in [0.2, 0.25) is 0 Å². The van der Waals surface area contributed by atoms with E-state index in [1.807, 2.05) is 0 Å². The van der Waals surface area contributed by atoms with Gasteiger partial charge in [-0.05, 0) is 71.0 Å². The van der Waals surface area contributed by atoms with Crippen LogP contribution in [0.1, 0.15) is 45.7 Å². The van der Waals surface area contributed by atoms with Crippen LogP contribution in [0.2, 0.25) is 10.0 Å². The van der Waals surface area contributed by atoms with Crippen molar-refractivity contribution in [2.75, 3.05) is 12.0 Å². The Kier molecular flexibility index (Phi) is 7.01. The van der Waals surface area contributed by atoms with E-state index < -0.39 is 29.2 Å². The maximum atomic E-state index is 13.4. The summed E-state index contributed by atoms with van der Waals surface area (Å²) < 4.78 is 16.2. The third-order valence-electron chi connectivity index (χ3n) is 4.81. The molecule has 1 aliphatic heterocycles. The summed E-state index contributed by atoms with van der Waals surface area (Å²) in [6.07, 6.45) is 0.729. The average molecular weight is 506 g/mol. The quantitative estimate of drug-likeness (QED) is 0.366. The first-order valence-electron chi connectivity index (χ1n) is 10.4. The minimum Gasteiger partial charge on any atom is -0.476 e. The maximum Gasteiger partial charge on any atom is 0.422 e. The minimum atomic E-state index is -1.30. The summed E-state index contributed by atoms with van der Waals surface area (Å²) in [5.74, 6) is -0.870. The number of hydrogen-bond acceptors (Lipinski definition) is 6. The number of anilines is 1. The molecule has 0 aromatic heterocycles. The Morgan fingerprint density at radius 3 is 2.21 bits per heavy atom. The number of esters is 1. The molecule has 34 heavy (non-hydrogen) atoms. The summed E-state index contributed by atoms with van der Waals surface area (Å²) in [6.45, 7) is 8.25. The third kappa shape index (κ3) is 5.37. The highest BCUT2D eigenvalue weighted by Crippen LogP contribution is 2.41. The van der Waals surface area contributed by atoms with Crippen molar-refractivity contribution in [2.45, 2.75) is 45.8 Å². The number of benzene rings is 2. The predicted molar refractivity (Wildman–Crippen MR) is 131 cm³/mol. The summed E-state index contributed by atoms with van der Waals surface area (Å²) in [7, 11) is 1.27. The molecule has 9 heteroatoms. The Hall–Kier alpha value is -3.03. The van der Waals surface area contributed by atoms with Gasteiger partial charge >= 0.3 is 12.1 Å². The molecule has 7 nitrogen and oxygen atoms in total. The number of carbonyl (C=O) groups is 3. The van der Waals surface area contributed by atoms with Crippen LogP contribution in [-0.4, -0.2) is 36.3 Å². The van der Waals surface area contributed by atoms with Crippen LogP contribution >= 0.6 is 23.2 Å². The van der Waals surface area contributed by atoms with Crippen LogP contribution in [0.5, 0.6) is 5.75 Å². The van der Waals surface area contributed by atoms with Crippen LogP contribution in [0.25, 0.3) is 11.6 Å². The second-order valence-corrected chi connectivity index (χ2v) is 10.00. The SMILES string of the molecule is COC(=O)C(C)(C)Oc1ccc(Cl)cc1/C=C1\C(=O)N(C(=O)OC(C)(C)C)c2cc(Cl)ccc21. The number of ether oxygens (including phenoxy) is 3. The normalized spacial score (nSPS) is 14.8. The van der Waals surface area contributed by atoms with Crippen molar-refractivity contribution in [3.63, 3.8) is 0 Å². The minimum absolute atomic E-state index is 0.209. The molecule has 0 fully saturated rings. The predicted octanol–water partition coefficient (Wildman–Crippen LogP) is 6.15. The molecule has 1 heterocycles. The van der Waals surface area contributed by atoms with Gasteiger partial charge in [-0.15, -0.1) is 0 Å². The van der Waals surface area contributed by atoms with Crippen molar-refractivity contribution < 1.29 is 28.6 Å². The summed E-state index contributed by atoms with van der Waals surface area (Å²) in [4.78, 5) is 39.4. The number of fused-ring (bicyclic) bond motifs is 1. The van der Waals surface area contributed by atoms with Gasteiger partial charge in [0.15, 0.2) is 5.60 Å². The first-order chi connectivity index (χ1) is 15.7. The van der Waals surface area contributed by atoms with Crippen molar-refractivity contribution in [1.82, 2.24) is 0 Å². The van der Waals surface area contributed by atoms with Crippen LogP contribution in [0.4, 0.5) is 10.5 Å². The molecule has 2 aromatic carbocycles. The molecular weight excluding hydrogens is 481 g/mol. The number of rotatable bonds is 4. The third-order valence-corrected chi connectivity index (χ3v) is 5.28. The summed E-state index contributed by atoms with van der Waals surface area (Å²) in [5.41, 5.74) is -0.685. The highest BCUT2D eigenvalue weighted by molar-refractivity contribution is 6.42. The second kappa shape index (κ2) is 9.31. The van der Waals surface area contributed by atoms with Gasteiger partial charge in [-0.25, -0.2) is 14.5 Å². The van der Waals surface area contributed by atoms with Crippen LogP contribution in [0.3, 0.4) is 0 Å². The van der Waals surface area contributed by atoms with Crippen molar-refractivity contribution in [2.24, 2.45) is 0 Å².